The molecule has 1 aromatic heterocycles. The first kappa shape index (κ1) is 16.0. The molecule has 1 fully saturated rings. The molecule has 0 spiro atoms. The van der Waals surface area contributed by atoms with Gasteiger partial charge in [0.1, 0.15) is 18.0 Å². The van der Waals surface area contributed by atoms with Gasteiger partial charge in [-0.15, -0.1) is 0 Å². The van der Waals surface area contributed by atoms with Crippen molar-refractivity contribution in [1.29, 1.82) is 0 Å². The molecule has 23 heavy (non-hydrogen) atoms. The largest absolute Gasteiger partial charge is 0.356 e. The van der Waals surface area contributed by atoms with Crippen LogP contribution in [0.2, 0.25) is 0 Å². The Morgan fingerprint density at radius 3 is 3.00 bits per heavy atom. The highest BCUT2D eigenvalue weighted by Crippen LogP contribution is 2.27. The molecule has 124 valence electrons. The lowest BCUT2D eigenvalue weighted by atomic mass is 9.98. The molecule has 3 rings (SSSR count). The fourth-order valence-electron chi connectivity index (χ4n) is 2.93. The number of halogens is 1. The first-order chi connectivity index (χ1) is 10.9. The van der Waals surface area contributed by atoms with E-state index in [0.717, 1.165) is 19.4 Å². The minimum absolute atomic E-state index is 0.126. The van der Waals surface area contributed by atoms with Crippen molar-refractivity contribution in [1.82, 2.24) is 14.7 Å². The molecule has 7 nitrogen and oxygen atoms in total. The third-order valence-electron chi connectivity index (χ3n) is 3.97. The number of benzene rings is 1. The van der Waals surface area contributed by atoms with Gasteiger partial charge in [0.2, 0.25) is 0 Å². The third-order valence-corrected chi connectivity index (χ3v) is 4.54. The Morgan fingerprint density at radius 1 is 1.39 bits per heavy atom. The van der Waals surface area contributed by atoms with Crippen LogP contribution in [0.3, 0.4) is 0 Å². The second kappa shape index (κ2) is 6.34. The van der Waals surface area contributed by atoms with Gasteiger partial charge in [0.15, 0.2) is 0 Å². The van der Waals surface area contributed by atoms with E-state index in [-0.39, 0.29) is 18.3 Å². The Kier molecular flexibility index (Phi) is 4.42. The average molecular weight is 339 g/mol. The molecule has 2 aromatic rings. The minimum Gasteiger partial charge on any atom is -0.356 e. The molecule has 1 saturated heterocycles. The van der Waals surface area contributed by atoms with E-state index in [1.807, 2.05) is 4.90 Å². The van der Waals surface area contributed by atoms with Gasteiger partial charge in [-0.05, 0) is 37.0 Å². The second-order valence-corrected chi connectivity index (χ2v) is 7.09. The number of rotatable bonds is 4. The summed E-state index contributed by atoms with van der Waals surface area (Å²) in [7, 11) is -3.69. The highest BCUT2D eigenvalue weighted by molar-refractivity contribution is 7.87. The van der Waals surface area contributed by atoms with Gasteiger partial charge in [0.05, 0.1) is 5.52 Å². The first-order valence-electron chi connectivity index (χ1n) is 7.35. The zero-order valence-corrected chi connectivity index (χ0v) is 13.3. The molecule has 0 bridgehead atoms. The van der Waals surface area contributed by atoms with Gasteiger partial charge >= 0.3 is 0 Å². The third kappa shape index (κ3) is 3.92. The van der Waals surface area contributed by atoms with Crippen LogP contribution < -0.4 is 14.8 Å². The Labute approximate surface area is 133 Å². The predicted molar refractivity (Wildman–Crippen MR) is 85.5 cm³/mol. The standard InChI is InChI=1S/C14H18FN5O2S/c15-11-3-4-13-12(6-11)14(18-9-17-13)20-5-1-2-10(8-20)7-19-23(16,21)22/h3-4,6,9-10,19H,1-2,5,7-8H2,(H2,16,21,22). The summed E-state index contributed by atoms with van der Waals surface area (Å²) in [6.45, 7) is 1.70. The van der Waals surface area contributed by atoms with Crippen molar-refractivity contribution in [2.75, 3.05) is 24.5 Å². The number of hydrogen-bond acceptors (Lipinski definition) is 5. The number of anilines is 1. The van der Waals surface area contributed by atoms with E-state index in [9.17, 15) is 12.8 Å². The molecule has 0 amide bonds. The van der Waals surface area contributed by atoms with E-state index in [1.54, 1.807) is 6.07 Å². The number of nitrogens with two attached hydrogens (primary N) is 1. The van der Waals surface area contributed by atoms with Crippen molar-refractivity contribution in [3.63, 3.8) is 0 Å². The highest BCUT2D eigenvalue weighted by atomic mass is 32.2. The van der Waals surface area contributed by atoms with Crippen LogP contribution in [0.4, 0.5) is 10.2 Å². The van der Waals surface area contributed by atoms with E-state index in [1.165, 1.54) is 18.5 Å². The maximum atomic E-state index is 13.5. The summed E-state index contributed by atoms with van der Waals surface area (Å²) in [4.78, 5) is 10.5. The SMILES string of the molecule is NS(=O)(=O)NCC1CCCN(c2ncnc3ccc(F)cc23)C1. The quantitative estimate of drug-likeness (QED) is 0.857. The molecule has 1 atom stereocenters. The minimum atomic E-state index is -3.69. The Bertz CT molecular complexity index is 814. The van der Waals surface area contributed by atoms with Crippen molar-refractivity contribution in [3.05, 3.63) is 30.3 Å². The van der Waals surface area contributed by atoms with Crippen LogP contribution in [0.5, 0.6) is 0 Å². The molecular weight excluding hydrogens is 321 g/mol. The van der Waals surface area contributed by atoms with Crippen LogP contribution in [-0.2, 0) is 10.2 Å². The molecule has 1 aliphatic rings. The molecule has 0 saturated carbocycles. The lowest BCUT2D eigenvalue weighted by Crippen LogP contribution is -2.42. The summed E-state index contributed by atoms with van der Waals surface area (Å²) in [5.41, 5.74) is 0.682. The van der Waals surface area contributed by atoms with Crippen LogP contribution in [0, 0.1) is 11.7 Å². The molecular formula is C14H18FN5O2S. The lowest BCUT2D eigenvalue weighted by molar-refractivity contribution is 0.410. The summed E-state index contributed by atoms with van der Waals surface area (Å²) in [5, 5.41) is 5.63. The van der Waals surface area contributed by atoms with Gasteiger partial charge in [-0.1, -0.05) is 0 Å². The number of piperidine rings is 1. The van der Waals surface area contributed by atoms with E-state index in [0.29, 0.717) is 23.3 Å². The topological polar surface area (TPSA) is 101 Å². The Hall–Kier alpha value is -1.84. The maximum absolute atomic E-state index is 13.5. The van der Waals surface area contributed by atoms with Crippen molar-refractivity contribution in [2.24, 2.45) is 11.1 Å². The van der Waals surface area contributed by atoms with Gasteiger partial charge in [-0.3, -0.25) is 0 Å². The molecule has 1 unspecified atom stereocenters. The van der Waals surface area contributed by atoms with Gasteiger partial charge in [-0.25, -0.2) is 24.2 Å². The van der Waals surface area contributed by atoms with Crippen molar-refractivity contribution >= 4 is 26.9 Å². The fraction of sp³-hybridized carbons (Fsp3) is 0.429. The molecule has 0 radical (unpaired) electrons. The lowest BCUT2D eigenvalue weighted by Gasteiger charge is -2.34. The van der Waals surface area contributed by atoms with Crippen LogP contribution in [0.15, 0.2) is 24.5 Å². The van der Waals surface area contributed by atoms with Gasteiger partial charge in [0, 0.05) is 25.0 Å². The monoisotopic (exact) mass is 339 g/mol. The number of hydrogen-bond donors (Lipinski definition) is 2. The van der Waals surface area contributed by atoms with Gasteiger partial charge in [-0.2, -0.15) is 8.42 Å². The summed E-state index contributed by atoms with van der Waals surface area (Å²) >= 11 is 0. The van der Waals surface area contributed by atoms with E-state index >= 15 is 0 Å². The van der Waals surface area contributed by atoms with Gasteiger partial charge in [0.25, 0.3) is 10.2 Å². The number of aromatic nitrogens is 2. The van der Waals surface area contributed by atoms with Crippen LogP contribution in [-0.4, -0.2) is 38.0 Å². The van der Waals surface area contributed by atoms with Crippen LogP contribution in [0.1, 0.15) is 12.8 Å². The predicted octanol–water partition coefficient (Wildman–Crippen LogP) is 0.778. The molecule has 9 heteroatoms. The molecule has 1 aliphatic heterocycles. The molecule has 1 aromatic carbocycles. The zero-order chi connectivity index (χ0) is 16.4. The normalized spacial score (nSPS) is 19.2. The zero-order valence-electron chi connectivity index (χ0n) is 12.4. The van der Waals surface area contributed by atoms with Gasteiger partial charge < -0.3 is 4.90 Å². The average Bonchev–Trinajstić information content (AvgIpc) is 2.52. The molecule has 3 N–H and O–H groups in total. The van der Waals surface area contributed by atoms with Crippen molar-refractivity contribution in [3.8, 4) is 0 Å². The smallest absolute Gasteiger partial charge is 0.274 e. The number of fused-ring (bicyclic) bond motifs is 1. The molecule has 2 heterocycles. The van der Waals surface area contributed by atoms with Crippen molar-refractivity contribution in [2.45, 2.75) is 12.8 Å². The maximum Gasteiger partial charge on any atom is 0.274 e. The Morgan fingerprint density at radius 2 is 2.22 bits per heavy atom. The summed E-state index contributed by atoms with van der Waals surface area (Å²) in [5.74, 6) is 0.466. The number of nitrogens with one attached hydrogen (secondary N) is 1. The van der Waals surface area contributed by atoms with Crippen molar-refractivity contribution < 1.29 is 12.8 Å². The van der Waals surface area contributed by atoms with Crippen LogP contribution in [0.25, 0.3) is 10.9 Å². The second-order valence-electron chi connectivity index (χ2n) is 5.71. The number of nitrogens with zero attached hydrogens (tertiary/aromatic N) is 3. The first-order valence-corrected chi connectivity index (χ1v) is 8.89. The van der Waals surface area contributed by atoms with Crippen LogP contribution >= 0.6 is 0 Å². The fourth-order valence-corrected chi connectivity index (χ4v) is 3.39. The summed E-state index contributed by atoms with van der Waals surface area (Å²) in [6, 6.07) is 4.42. The van der Waals surface area contributed by atoms with E-state index in [4.69, 9.17) is 5.14 Å². The Balaban J connectivity index is 1.82. The van der Waals surface area contributed by atoms with E-state index in [2.05, 4.69) is 14.7 Å². The highest BCUT2D eigenvalue weighted by Gasteiger charge is 2.23. The summed E-state index contributed by atoms with van der Waals surface area (Å²) in [6.07, 6.45) is 3.26. The summed E-state index contributed by atoms with van der Waals surface area (Å²) < 4.78 is 37.9. The van der Waals surface area contributed by atoms with E-state index < -0.39 is 10.2 Å². The molecule has 0 aliphatic carbocycles.